The first-order valence-corrected chi connectivity index (χ1v) is 7.85. The number of benzene rings is 1. The molecule has 4 nitrogen and oxygen atoms in total. The van der Waals surface area contributed by atoms with Crippen LogP contribution in [0.4, 0.5) is 0 Å². The second-order valence-corrected chi connectivity index (χ2v) is 6.53. The number of carbonyl (C=O) groups excluding carboxylic acids is 2. The first-order valence-electron chi connectivity index (χ1n) is 7.09. The molecule has 22 heavy (non-hydrogen) atoms. The fourth-order valence-electron chi connectivity index (χ4n) is 2.87. The van der Waals surface area contributed by atoms with Crippen molar-refractivity contribution in [1.29, 1.82) is 0 Å². The Kier molecular flexibility index (Phi) is 3.69. The van der Waals surface area contributed by atoms with E-state index < -0.39 is 17.7 Å². The minimum Gasteiger partial charge on any atom is -0.507 e. The van der Waals surface area contributed by atoms with Crippen LogP contribution in [0, 0.1) is 6.92 Å². The lowest BCUT2D eigenvalue weighted by Crippen LogP contribution is -2.34. The Morgan fingerprint density at radius 2 is 1.91 bits per heavy atom. The molecule has 1 amide bonds. The number of nitrogens with zero attached hydrogens (tertiary/aromatic N) is 1. The van der Waals surface area contributed by atoms with Gasteiger partial charge in [0.1, 0.15) is 5.76 Å². The van der Waals surface area contributed by atoms with Gasteiger partial charge in [-0.05, 0) is 44.4 Å². The van der Waals surface area contributed by atoms with Crippen LogP contribution in [-0.4, -0.2) is 33.8 Å². The summed E-state index contributed by atoms with van der Waals surface area (Å²) in [6, 6.07) is 2.84. The van der Waals surface area contributed by atoms with E-state index in [0.29, 0.717) is 16.1 Å². The van der Waals surface area contributed by atoms with Crippen molar-refractivity contribution >= 4 is 40.7 Å². The zero-order valence-corrected chi connectivity index (χ0v) is 13.7. The van der Waals surface area contributed by atoms with Crippen LogP contribution in [0.5, 0.6) is 0 Å². The van der Waals surface area contributed by atoms with Crippen molar-refractivity contribution in [3.05, 3.63) is 38.9 Å². The molecule has 1 aliphatic carbocycles. The van der Waals surface area contributed by atoms with Crippen molar-refractivity contribution in [2.45, 2.75) is 38.8 Å². The monoisotopic (exact) mass is 339 g/mol. The molecule has 1 atom stereocenters. The van der Waals surface area contributed by atoms with Gasteiger partial charge in [0, 0.05) is 16.6 Å². The summed E-state index contributed by atoms with van der Waals surface area (Å²) in [5.74, 6) is -1.43. The largest absolute Gasteiger partial charge is 0.507 e. The third kappa shape index (κ3) is 2.22. The first kappa shape index (κ1) is 15.4. The summed E-state index contributed by atoms with van der Waals surface area (Å²) >= 11 is 12.2. The fraction of sp³-hybridized carbons (Fsp3) is 0.375. The fourth-order valence-corrected chi connectivity index (χ4v) is 3.33. The van der Waals surface area contributed by atoms with Crippen molar-refractivity contribution in [1.82, 2.24) is 4.90 Å². The van der Waals surface area contributed by atoms with Gasteiger partial charge in [0.15, 0.2) is 0 Å². The SMILES string of the molecule is Cc1c(Cl)ccc(/C(O)=C2/C(=O)C(=O)N(C3CC3)[C@@H]2C)c1Cl. The molecule has 1 aromatic carbocycles. The van der Waals surface area contributed by atoms with Crippen LogP contribution < -0.4 is 0 Å². The Balaban J connectivity index is 2.11. The van der Waals surface area contributed by atoms with Crippen molar-refractivity contribution in [2.24, 2.45) is 0 Å². The van der Waals surface area contributed by atoms with Crippen molar-refractivity contribution in [3.8, 4) is 0 Å². The normalized spacial score (nSPS) is 24.2. The topological polar surface area (TPSA) is 57.6 Å². The van der Waals surface area contributed by atoms with Crippen LogP contribution in [-0.2, 0) is 9.59 Å². The number of aliphatic hydroxyl groups excluding tert-OH is 1. The van der Waals surface area contributed by atoms with E-state index in [9.17, 15) is 14.7 Å². The molecular weight excluding hydrogens is 325 g/mol. The molecule has 1 N–H and O–H groups in total. The highest BCUT2D eigenvalue weighted by atomic mass is 35.5. The molecule has 2 fully saturated rings. The third-order valence-corrected chi connectivity index (χ3v) is 5.18. The molecule has 116 valence electrons. The number of carbonyl (C=O) groups is 2. The van der Waals surface area contributed by atoms with Gasteiger partial charge in [-0.1, -0.05) is 23.2 Å². The van der Waals surface area contributed by atoms with Gasteiger partial charge in [-0.25, -0.2) is 0 Å². The molecule has 1 aromatic rings. The Bertz CT molecular complexity index is 722. The molecule has 2 aliphatic rings. The van der Waals surface area contributed by atoms with Gasteiger partial charge < -0.3 is 10.0 Å². The Morgan fingerprint density at radius 1 is 1.27 bits per heavy atom. The number of hydrogen-bond acceptors (Lipinski definition) is 3. The number of amides is 1. The highest BCUT2D eigenvalue weighted by Crippen LogP contribution is 2.39. The highest BCUT2D eigenvalue weighted by Gasteiger charge is 2.48. The third-order valence-electron chi connectivity index (χ3n) is 4.28. The maximum atomic E-state index is 12.3. The Labute approximate surface area is 138 Å². The number of halogens is 2. The van der Waals surface area contributed by atoms with Crippen LogP contribution in [0.15, 0.2) is 17.7 Å². The van der Waals surface area contributed by atoms with E-state index in [4.69, 9.17) is 23.2 Å². The molecule has 0 spiro atoms. The Hall–Kier alpha value is -1.52. The summed E-state index contributed by atoms with van der Waals surface area (Å²) in [5.41, 5.74) is 1.06. The number of Topliss-reactive ketones (excluding diaryl/α,β-unsaturated/α-hetero) is 1. The van der Waals surface area contributed by atoms with Gasteiger partial charge in [-0.3, -0.25) is 9.59 Å². The summed E-state index contributed by atoms with van der Waals surface area (Å²) in [6.07, 6.45) is 1.80. The quantitative estimate of drug-likeness (QED) is 0.509. The lowest BCUT2D eigenvalue weighted by molar-refractivity contribution is -0.140. The maximum absolute atomic E-state index is 12.3. The van der Waals surface area contributed by atoms with Crippen molar-refractivity contribution < 1.29 is 14.7 Å². The van der Waals surface area contributed by atoms with E-state index >= 15 is 0 Å². The smallest absolute Gasteiger partial charge is 0.295 e. The summed E-state index contributed by atoms with van der Waals surface area (Å²) in [6.45, 7) is 3.48. The molecule has 0 radical (unpaired) electrons. The first-order chi connectivity index (χ1) is 10.3. The Morgan fingerprint density at radius 3 is 2.50 bits per heavy atom. The molecular formula is C16H15Cl2NO3. The lowest BCUT2D eigenvalue weighted by atomic mass is 10.0. The average Bonchev–Trinajstić information content (AvgIpc) is 3.26. The van der Waals surface area contributed by atoms with Gasteiger partial charge in [0.2, 0.25) is 0 Å². The second kappa shape index (κ2) is 5.28. The second-order valence-electron chi connectivity index (χ2n) is 5.74. The zero-order chi connectivity index (χ0) is 16.2. The molecule has 0 bridgehead atoms. The predicted octanol–water partition coefficient (Wildman–Crippen LogP) is 3.53. The van der Waals surface area contributed by atoms with E-state index in [0.717, 1.165) is 12.8 Å². The number of hydrogen-bond donors (Lipinski definition) is 1. The van der Waals surface area contributed by atoms with E-state index in [1.54, 1.807) is 30.9 Å². The highest BCUT2D eigenvalue weighted by molar-refractivity contribution is 6.47. The van der Waals surface area contributed by atoms with Gasteiger partial charge in [-0.15, -0.1) is 0 Å². The van der Waals surface area contributed by atoms with E-state index in [2.05, 4.69) is 0 Å². The molecule has 1 heterocycles. The molecule has 0 aromatic heterocycles. The summed E-state index contributed by atoms with van der Waals surface area (Å²) in [7, 11) is 0. The summed E-state index contributed by atoms with van der Waals surface area (Å²) in [4.78, 5) is 25.9. The zero-order valence-electron chi connectivity index (χ0n) is 12.2. The number of aliphatic hydroxyl groups is 1. The van der Waals surface area contributed by atoms with Crippen molar-refractivity contribution in [2.75, 3.05) is 0 Å². The summed E-state index contributed by atoms with van der Waals surface area (Å²) < 4.78 is 0. The van der Waals surface area contributed by atoms with Crippen molar-refractivity contribution in [3.63, 3.8) is 0 Å². The molecule has 0 unspecified atom stereocenters. The van der Waals surface area contributed by atoms with Gasteiger partial charge in [0.05, 0.1) is 16.6 Å². The van der Waals surface area contributed by atoms with E-state index in [1.807, 2.05) is 0 Å². The molecule has 1 aliphatic heterocycles. The molecule has 6 heteroatoms. The van der Waals surface area contributed by atoms with Crippen LogP contribution >= 0.6 is 23.2 Å². The van der Waals surface area contributed by atoms with E-state index in [-0.39, 0.29) is 22.4 Å². The maximum Gasteiger partial charge on any atom is 0.295 e. The standard InChI is InChI=1S/C16H15Cl2NO3/c1-7-11(17)6-5-10(13(7)18)14(20)12-8(2)19(9-3-4-9)16(22)15(12)21/h5-6,8-9,20H,3-4H2,1-2H3/b14-12-/t8-/m1/s1. The van der Waals surface area contributed by atoms with Crippen LogP contribution in [0.2, 0.25) is 10.0 Å². The van der Waals surface area contributed by atoms with Gasteiger partial charge >= 0.3 is 0 Å². The molecule has 1 saturated heterocycles. The predicted molar refractivity (Wildman–Crippen MR) is 85.1 cm³/mol. The van der Waals surface area contributed by atoms with Crippen LogP contribution in [0.25, 0.3) is 5.76 Å². The van der Waals surface area contributed by atoms with Gasteiger partial charge in [0.25, 0.3) is 11.7 Å². The van der Waals surface area contributed by atoms with Crippen LogP contribution in [0.1, 0.15) is 30.9 Å². The summed E-state index contributed by atoms with van der Waals surface area (Å²) in [5, 5.41) is 11.3. The van der Waals surface area contributed by atoms with Crippen LogP contribution in [0.3, 0.4) is 0 Å². The molecule has 1 saturated carbocycles. The lowest BCUT2D eigenvalue weighted by Gasteiger charge is -2.20. The molecule has 3 rings (SSSR count). The van der Waals surface area contributed by atoms with Gasteiger partial charge in [-0.2, -0.15) is 0 Å². The minimum atomic E-state index is -0.652. The van der Waals surface area contributed by atoms with E-state index in [1.165, 1.54) is 0 Å². The minimum absolute atomic E-state index is 0.110. The number of rotatable bonds is 2. The number of ketones is 1. The average molecular weight is 340 g/mol. The number of likely N-dealkylation sites (tertiary alicyclic amines) is 1.